The predicted octanol–water partition coefficient (Wildman–Crippen LogP) is 2.47. The number of likely N-dealkylation sites (N-methyl/N-ethyl adjacent to an activating group) is 1. The average molecular weight is 378 g/mol. The van der Waals surface area contributed by atoms with E-state index in [1.54, 1.807) is 12.1 Å². The molecule has 0 heterocycles. The molecule has 0 aliphatic carbocycles. The summed E-state index contributed by atoms with van der Waals surface area (Å²) in [5.74, 6) is 0.780. The van der Waals surface area contributed by atoms with Crippen LogP contribution in [0.5, 0.6) is 5.75 Å². The van der Waals surface area contributed by atoms with E-state index in [-0.39, 0.29) is 11.4 Å². The van der Waals surface area contributed by atoms with Crippen molar-refractivity contribution in [1.82, 2.24) is 9.62 Å². The molecule has 142 valence electrons. The van der Waals surface area contributed by atoms with Crippen LogP contribution in [-0.2, 0) is 16.6 Å². The van der Waals surface area contributed by atoms with Gasteiger partial charge in [0.05, 0.1) is 4.90 Å². The van der Waals surface area contributed by atoms with Crippen molar-refractivity contribution in [2.45, 2.75) is 25.3 Å². The van der Waals surface area contributed by atoms with Gasteiger partial charge in [-0.15, -0.1) is 0 Å². The fourth-order valence-electron chi connectivity index (χ4n) is 2.44. The van der Waals surface area contributed by atoms with E-state index < -0.39 is 10.0 Å². The number of ether oxygens (including phenoxy) is 1. The van der Waals surface area contributed by atoms with Gasteiger partial charge >= 0.3 is 0 Å². The number of hydrogen-bond acceptors (Lipinski definition) is 5. The summed E-state index contributed by atoms with van der Waals surface area (Å²) in [5, 5.41) is 0. The molecule has 0 saturated heterocycles. The van der Waals surface area contributed by atoms with Crippen LogP contribution in [0.2, 0.25) is 0 Å². The van der Waals surface area contributed by atoms with Crippen molar-refractivity contribution >= 4 is 15.7 Å². The van der Waals surface area contributed by atoms with Gasteiger partial charge in [0.1, 0.15) is 12.4 Å². The molecule has 0 aliphatic rings. The highest BCUT2D eigenvalue weighted by Gasteiger charge is 2.13. The third-order valence-corrected chi connectivity index (χ3v) is 5.57. The number of nitrogens with two attached hydrogens (primary N) is 1. The van der Waals surface area contributed by atoms with Crippen LogP contribution in [-0.4, -0.2) is 39.6 Å². The standard InChI is InChI=1S/C19H27N3O3S/c1-3-22(4-2)13-14-25-18-9-5-16(6-10-18)15-21-26(23,24)19-11-7-17(20)8-12-19/h5-12,21H,3-4,13-15,20H2,1-2H3. The highest BCUT2D eigenvalue weighted by Crippen LogP contribution is 2.14. The smallest absolute Gasteiger partial charge is 0.240 e. The Kier molecular flexibility index (Phi) is 7.44. The van der Waals surface area contributed by atoms with Crippen molar-refractivity contribution in [3.05, 3.63) is 54.1 Å². The molecule has 0 saturated carbocycles. The Labute approximate surface area is 156 Å². The molecule has 0 aliphatic heterocycles. The molecule has 0 radical (unpaired) electrons. The van der Waals surface area contributed by atoms with Crippen LogP contribution in [0.3, 0.4) is 0 Å². The second-order valence-electron chi connectivity index (χ2n) is 5.91. The second kappa shape index (κ2) is 9.56. The van der Waals surface area contributed by atoms with E-state index in [2.05, 4.69) is 23.5 Å². The molecule has 0 atom stereocenters. The Balaban J connectivity index is 1.86. The Morgan fingerprint density at radius 2 is 1.62 bits per heavy atom. The Hall–Kier alpha value is -2.09. The summed E-state index contributed by atoms with van der Waals surface area (Å²) in [6, 6.07) is 13.5. The van der Waals surface area contributed by atoms with Crippen molar-refractivity contribution in [3.8, 4) is 5.75 Å². The molecular weight excluding hydrogens is 350 g/mol. The number of benzene rings is 2. The van der Waals surface area contributed by atoms with Gasteiger partial charge < -0.3 is 15.4 Å². The minimum Gasteiger partial charge on any atom is -0.492 e. The summed E-state index contributed by atoms with van der Waals surface area (Å²) in [7, 11) is -3.56. The van der Waals surface area contributed by atoms with Crippen LogP contribution in [0.15, 0.2) is 53.4 Å². The van der Waals surface area contributed by atoms with Crippen molar-refractivity contribution in [1.29, 1.82) is 0 Å². The topological polar surface area (TPSA) is 84.7 Å². The first-order chi connectivity index (χ1) is 12.4. The molecular formula is C19H27N3O3S. The molecule has 2 aromatic carbocycles. The first-order valence-electron chi connectivity index (χ1n) is 8.74. The molecule has 6 nitrogen and oxygen atoms in total. The molecule has 2 aromatic rings. The predicted molar refractivity (Wildman–Crippen MR) is 105 cm³/mol. The Morgan fingerprint density at radius 3 is 2.19 bits per heavy atom. The van der Waals surface area contributed by atoms with Crippen molar-refractivity contribution in [3.63, 3.8) is 0 Å². The fraction of sp³-hybridized carbons (Fsp3) is 0.368. The molecule has 0 bridgehead atoms. The van der Waals surface area contributed by atoms with Gasteiger partial charge in [-0.25, -0.2) is 13.1 Å². The molecule has 2 rings (SSSR count). The number of nitrogen functional groups attached to an aromatic ring is 1. The van der Waals surface area contributed by atoms with E-state index in [9.17, 15) is 8.42 Å². The van der Waals surface area contributed by atoms with Crippen LogP contribution >= 0.6 is 0 Å². The van der Waals surface area contributed by atoms with Gasteiger partial charge in [0.25, 0.3) is 0 Å². The van der Waals surface area contributed by atoms with Crippen molar-refractivity contribution in [2.75, 3.05) is 32.0 Å². The zero-order chi connectivity index (χ0) is 19.0. The zero-order valence-corrected chi connectivity index (χ0v) is 16.1. The van der Waals surface area contributed by atoms with Crippen LogP contribution in [0.1, 0.15) is 19.4 Å². The number of hydrogen-bond donors (Lipinski definition) is 2. The lowest BCUT2D eigenvalue weighted by Crippen LogP contribution is -2.27. The lowest BCUT2D eigenvalue weighted by molar-refractivity contribution is 0.223. The maximum atomic E-state index is 12.3. The summed E-state index contributed by atoms with van der Waals surface area (Å²) < 4.78 is 32.8. The van der Waals surface area contributed by atoms with Crippen LogP contribution in [0.4, 0.5) is 5.69 Å². The lowest BCUT2D eigenvalue weighted by Gasteiger charge is -2.18. The SMILES string of the molecule is CCN(CC)CCOc1ccc(CNS(=O)(=O)c2ccc(N)cc2)cc1. The van der Waals surface area contributed by atoms with E-state index in [1.165, 1.54) is 12.1 Å². The van der Waals surface area contributed by atoms with Gasteiger partial charge in [0, 0.05) is 18.8 Å². The minimum absolute atomic E-state index is 0.197. The maximum Gasteiger partial charge on any atom is 0.240 e. The van der Waals surface area contributed by atoms with Crippen molar-refractivity contribution in [2.24, 2.45) is 0 Å². The van der Waals surface area contributed by atoms with Crippen molar-refractivity contribution < 1.29 is 13.2 Å². The quantitative estimate of drug-likeness (QED) is 0.622. The summed E-state index contributed by atoms with van der Waals surface area (Å²) in [5.41, 5.74) is 6.98. The number of rotatable bonds is 10. The van der Waals surface area contributed by atoms with Gasteiger partial charge in [0.2, 0.25) is 10.0 Å². The first-order valence-corrected chi connectivity index (χ1v) is 10.2. The largest absolute Gasteiger partial charge is 0.492 e. The van der Waals surface area contributed by atoms with E-state index in [1.807, 2.05) is 24.3 Å². The van der Waals surface area contributed by atoms with E-state index in [4.69, 9.17) is 10.5 Å². The van der Waals surface area contributed by atoms with Crippen LogP contribution in [0.25, 0.3) is 0 Å². The third-order valence-electron chi connectivity index (χ3n) is 4.15. The lowest BCUT2D eigenvalue weighted by atomic mass is 10.2. The average Bonchev–Trinajstić information content (AvgIpc) is 2.65. The molecule has 7 heteroatoms. The van der Waals surface area contributed by atoms with Gasteiger partial charge in [-0.3, -0.25) is 0 Å². The highest BCUT2D eigenvalue weighted by atomic mass is 32.2. The van der Waals surface area contributed by atoms with Gasteiger partial charge in [0.15, 0.2) is 0 Å². The summed E-state index contributed by atoms with van der Waals surface area (Å²) in [6.07, 6.45) is 0. The van der Waals surface area contributed by atoms with Crippen LogP contribution in [0, 0.1) is 0 Å². The van der Waals surface area contributed by atoms with Gasteiger partial charge in [-0.1, -0.05) is 26.0 Å². The molecule has 0 amide bonds. The zero-order valence-electron chi connectivity index (χ0n) is 15.3. The first kappa shape index (κ1) is 20.2. The van der Waals surface area contributed by atoms with E-state index >= 15 is 0 Å². The number of sulfonamides is 1. The monoisotopic (exact) mass is 377 g/mol. The summed E-state index contributed by atoms with van der Waals surface area (Å²) in [4.78, 5) is 2.49. The molecule has 3 N–H and O–H groups in total. The van der Waals surface area contributed by atoms with Crippen LogP contribution < -0.4 is 15.2 Å². The normalized spacial score (nSPS) is 11.7. The maximum absolute atomic E-state index is 12.3. The number of nitrogens with zero attached hydrogens (tertiary/aromatic N) is 1. The highest BCUT2D eigenvalue weighted by molar-refractivity contribution is 7.89. The Morgan fingerprint density at radius 1 is 1.00 bits per heavy atom. The second-order valence-corrected chi connectivity index (χ2v) is 7.68. The minimum atomic E-state index is -3.56. The van der Waals surface area contributed by atoms with E-state index in [0.29, 0.717) is 12.3 Å². The third kappa shape index (κ3) is 6.01. The molecule has 0 spiro atoms. The number of anilines is 1. The fourth-order valence-corrected chi connectivity index (χ4v) is 3.46. The molecule has 0 fully saturated rings. The molecule has 0 aromatic heterocycles. The Bertz CT molecular complexity index is 771. The van der Waals surface area contributed by atoms with E-state index in [0.717, 1.165) is 30.9 Å². The van der Waals surface area contributed by atoms with Gasteiger partial charge in [-0.05, 0) is 55.1 Å². The summed E-state index contributed by atoms with van der Waals surface area (Å²) >= 11 is 0. The molecule has 0 unspecified atom stereocenters. The van der Waals surface area contributed by atoms with Gasteiger partial charge in [-0.2, -0.15) is 0 Å². The summed E-state index contributed by atoms with van der Waals surface area (Å²) in [6.45, 7) is 8.00. The molecule has 26 heavy (non-hydrogen) atoms. The number of nitrogens with one attached hydrogen (secondary N) is 1.